The molecule has 0 fully saturated rings. The van der Waals surface area contributed by atoms with E-state index in [2.05, 4.69) is 5.32 Å². The zero-order chi connectivity index (χ0) is 21.6. The number of carboxylic acid groups (broad SMARTS) is 1. The second-order valence-corrected chi connectivity index (χ2v) is 6.87. The molecule has 160 valence electrons. The minimum atomic E-state index is -1.35. The standard InChI is InChI=1S/C21H29NO7/c1-15(23)19(22-20(27)16-11-7-6-8-12-16)21(28)29-18(26)14-10-5-3-2-4-9-13-17(24)25/h6-8,11-12,15,19,23H,2-5,9-10,13-14H2,1H3,(H,22,27)(H,24,25). The molecule has 0 heterocycles. The molecular weight excluding hydrogens is 378 g/mol. The van der Waals surface area contributed by atoms with Crippen molar-refractivity contribution < 1.29 is 34.1 Å². The highest BCUT2D eigenvalue weighted by Gasteiger charge is 2.29. The van der Waals surface area contributed by atoms with Crippen LogP contribution in [0.25, 0.3) is 0 Å². The summed E-state index contributed by atoms with van der Waals surface area (Å²) in [5.74, 6) is -3.06. The first-order chi connectivity index (χ1) is 13.8. The summed E-state index contributed by atoms with van der Waals surface area (Å²) in [7, 11) is 0. The van der Waals surface area contributed by atoms with Gasteiger partial charge >= 0.3 is 17.9 Å². The second kappa shape index (κ2) is 13.4. The Morgan fingerprint density at radius 3 is 2.03 bits per heavy atom. The van der Waals surface area contributed by atoms with Gasteiger partial charge in [0.25, 0.3) is 5.91 Å². The number of benzene rings is 1. The van der Waals surface area contributed by atoms with E-state index in [0.29, 0.717) is 18.4 Å². The van der Waals surface area contributed by atoms with Crippen LogP contribution in [0.2, 0.25) is 0 Å². The van der Waals surface area contributed by atoms with Gasteiger partial charge in [0.1, 0.15) is 0 Å². The molecule has 0 aromatic heterocycles. The lowest BCUT2D eigenvalue weighted by molar-refractivity contribution is -0.162. The lowest BCUT2D eigenvalue weighted by atomic mass is 10.1. The van der Waals surface area contributed by atoms with E-state index < -0.39 is 36.0 Å². The van der Waals surface area contributed by atoms with Crippen LogP contribution in [0, 0.1) is 0 Å². The highest BCUT2D eigenvalue weighted by Crippen LogP contribution is 2.10. The van der Waals surface area contributed by atoms with E-state index in [4.69, 9.17) is 9.84 Å². The molecule has 0 aliphatic heterocycles. The van der Waals surface area contributed by atoms with Crippen molar-refractivity contribution in [1.82, 2.24) is 5.32 Å². The van der Waals surface area contributed by atoms with Crippen molar-refractivity contribution in [3.05, 3.63) is 35.9 Å². The normalized spacial score (nSPS) is 12.6. The van der Waals surface area contributed by atoms with Crippen LogP contribution in [-0.2, 0) is 19.1 Å². The monoisotopic (exact) mass is 407 g/mol. The summed E-state index contributed by atoms with van der Waals surface area (Å²) in [5, 5.41) is 20.7. The fourth-order valence-electron chi connectivity index (χ4n) is 2.67. The van der Waals surface area contributed by atoms with E-state index >= 15 is 0 Å². The Bertz CT molecular complexity index is 673. The number of amides is 1. The number of hydrogen-bond donors (Lipinski definition) is 3. The van der Waals surface area contributed by atoms with Gasteiger partial charge in [-0.05, 0) is 31.9 Å². The first-order valence-electron chi connectivity index (χ1n) is 9.81. The predicted molar refractivity (Wildman–Crippen MR) is 105 cm³/mol. The van der Waals surface area contributed by atoms with Crippen molar-refractivity contribution in [3.8, 4) is 0 Å². The van der Waals surface area contributed by atoms with E-state index in [0.717, 1.165) is 25.7 Å². The van der Waals surface area contributed by atoms with Gasteiger partial charge in [-0.1, -0.05) is 43.9 Å². The van der Waals surface area contributed by atoms with Crippen LogP contribution in [0.1, 0.15) is 68.6 Å². The molecule has 0 aliphatic rings. The zero-order valence-corrected chi connectivity index (χ0v) is 16.6. The molecule has 29 heavy (non-hydrogen) atoms. The number of carboxylic acids is 1. The second-order valence-electron chi connectivity index (χ2n) is 6.87. The number of aliphatic hydroxyl groups excluding tert-OH is 1. The molecule has 0 saturated heterocycles. The molecule has 0 spiro atoms. The van der Waals surface area contributed by atoms with Gasteiger partial charge in [-0.15, -0.1) is 0 Å². The number of carbonyl (C=O) groups excluding carboxylic acids is 3. The zero-order valence-electron chi connectivity index (χ0n) is 16.6. The number of unbranched alkanes of at least 4 members (excludes halogenated alkanes) is 5. The highest BCUT2D eigenvalue weighted by molar-refractivity contribution is 5.98. The number of hydrogen-bond acceptors (Lipinski definition) is 6. The number of carbonyl (C=O) groups is 4. The van der Waals surface area contributed by atoms with Crippen LogP contribution in [0.5, 0.6) is 0 Å². The van der Waals surface area contributed by atoms with Crippen molar-refractivity contribution in [2.24, 2.45) is 0 Å². The molecule has 0 saturated carbocycles. The van der Waals surface area contributed by atoms with Crippen molar-refractivity contribution >= 4 is 23.8 Å². The summed E-state index contributed by atoms with van der Waals surface area (Å²) in [4.78, 5) is 46.6. The third-order valence-corrected chi connectivity index (χ3v) is 4.29. The fraction of sp³-hybridized carbons (Fsp3) is 0.524. The summed E-state index contributed by atoms with van der Waals surface area (Å²) < 4.78 is 4.76. The fourth-order valence-corrected chi connectivity index (χ4v) is 2.67. The Morgan fingerprint density at radius 2 is 1.48 bits per heavy atom. The van der Waals surface area contributed by atoms with Crippen molar-refractivity contribution in [3.63, 3.8) is 0 Å². The topological polar surface area (TPSA) is 130 Å². The summed E-state index contributed by atoms with van der Waals surface area (Å²) >= 11 is 0. The number of aliphatic hydroxyl groups is 1. The molecule has 0 radical (unpaired) electrons. The molecule has 8 heteroatoms. The van der Waals surface area contributed by atoms with Crippen LogP contribution in [0.15, 0.2) is 30.3 Å². The van der Waals surface area contributed by atoms with Gasteiger partial charge in [0.15, 0.2) is 6.04 Å². The first-order valence-corrected chi connectivity index (χ1v) is 9.81. The van der Waals surface area contributed by atoms with Gasteiger partial charge in [0, 0.05) is 18.4 Å². The number of rotatable bonds is 13. The minimum absolute atomic E-state index is 0.0556. The minimum Gasteiger partial charge on any atom is -0.481 e. The van der Waals surface area contributed by atoms with Crippen molar-refractivity contribution in [1.29, 1.82) is 0 Å². The Kier molecular flexibility index (Phi) is 11.3. The number of nitrogens with one attached hydrogen (secondary N) is 1. The maximum Gasteiger partial charge on any atom is 0.339 e. The predicted octanol–water partition coefficient (Wildman–Crippen LogP) is 2.44. The van der Waals surface area contributed by atoms with Crippen LogP contribution in [0.4, 0.5) is 0 Å². The Balaban J connectivity index is 2.32. The number of esters is 2. The molecule has 2 atom stereocenters. The first kappa shape index (κ1) is 24.3. The molecule has 1 rings (SSSR count). The smallest absolute Gasteiger partial charge is 0.339 e. The van der Waals surface area contributed by atoms with Gasteiger partial charge in [-0.2, -0.15) is 0 Å². The molecule has 1 aromatic carbocycles. The maximum absolute atomic E-state index is 12.2. The lowest BCUT2D eigenvalue weighted by Gasteiger charge is -2.19. The average Bonchev–Trinajstić information content (AvgIpc) is 2.67. The number of aliphatic carboxylic acids is 1. The van der Waals surface area contributed by atoms with Crippen molar-refractivity contribution in [2.75, 3.05) is 0 Å². The highest BCUT2D eigenvalue weighted by atomic mass is 16.6. The summed E-state index contributed by atoms with van der Waals surface area (Å²) in [6.07, 6.45) is 3.52. The van der Waals surface area contributed by atoms with Gasteiger partial charge in [-0.25, -0.2) is 4.79 Å². The summed E-state index contributed by atoms with van der Waals surface area (Å²) in [6.45, 7) is 1.33. The lowest BCUT2D eigenvalue weighted by Crippen LogP contribution is -2.49. The van der Waals surface area contributed by atoms with E-state index in [9.17, 15) is 24.3 Å². The van der Waals surface area contributed by atoms with Crippen LogP contribution in [0.3, 0.4) is 0 Å². The van der Waals surface area contributed by atoms with Gasteiger partial charge in [0.2, 0.25) is 0 Å². The third kappa shape index (κ3) is 10.4. The van der Waals surface area contributed by atoms with Crippen LogP contribution in [-0.4, -0.2) is 46.2 Å². The maximum atomic E-state index is 12.2. The molecule has 0 aliphatic carbocycles. The molecule has 3 N–H and O–H groups in total. The quantitative estimate of drug-likeness (QED) is 0.260. The summed E-state index contributed by atoms with van der Waals surface area (Å²) in [5.41, 5.74) is 0.320. The molecule has 8 nitrogen and oxygen atoms in total. The Hall–Kier alpha value is -2.74. The average molecular weight is 407 g/mol. The SMILES string of the molecule is CC(O)C(NC(=O)c1ccccc1)C(=O)OC(=O)CCCCCCCCC(=O)O. The van der Waals surface area contributed by atoms with E-state index in [-0.39, 0.29) is 12.8 Å². The Morgan fingerprint density at radius 1 is 0.931 bits per heavy atom. The van der Waals surface area contributed by atoms with Crippen molar-refractivity contribution in [2.45, 2.75) is 70.4 Å². The van der Waals surface area contributed by atoms with Crippen LogP contribution < -0.4 is 5.32 Å². The molecule has 1 aromatic rings. The van der Waals surface area contributed by atoms with E-state index in [1.54, 1.807) is 30.3 Å². The molecule has 2 unspecified atom stereocenters. The van der Waals surface area contributed by atoms with Gasteiger partial charge in [-0.3, -0.25) is 14.4 Å². The molecular formula is C21H29NO7. The largest absolute Gasteiger partial charge is 0.481 e. The number of ether oxygens (including phenoxy) is 1. The Labute approximate surface area is 170 Å². The van der Waals surface area contributed by atoms with Crippen LogP contribution >= 0.6 is 0 Å². The van der Waals surface area contributed by atoms with Gasteiger partial charge in [0.05, 0.1) is 6.10 Å². The summed E-state index contributed by atoms with van der Waals surface area (Å²) in [6, 6.07) is 6.85. The molecule has 1 amide bonds. The van der Waals surface area contributed by atoms with Gasteiger partial charge < -0.3 is 20.3 Å². The van der Waals surface area contributed by atoms with E-state index in [1.807, 2.05) is 0 Å². The van der Waals surface area contributed by atoms with E-state index in [1.165, 1.54) is 6.92 Å². The third-order valence-electron chi connectivity index (χ3n) is 4.29. The molecule has 0 bridgehead atoms.